The standard InChI is InChI=1S/C29H18BrCl2N3O6S2/c1-40-20-10-15(8-17(30)24(20)36)23-22(25(37)21-9-13-4-2-3-5-19(13)41-21)26(38)27(39)35(23)28-33-34-29(43-28)42-12-14-6-7-16(31)11-18(14)32/h2-11,23,36,38H,12H2,1H3. The highest BCUT2D eigenvalue weighted by Crippen LogP contribution is 2.47. The number of carbonyl (C=O) groups excluding carboxylic acids is 2. The normalized spacial score (nSPS) is 15.1. The Morgan fingerprint density at radius 1 is 1.14 bits per heavy atom. The predicted molar refractivity (Wildman–Crippen MR) is 169 cm³/mol. The Morgan fingerprint density at radius 3 is 2.67 bits per heavy atom. The lowest BCUT2D eigenvalue weighted by molar-refractivity contribution is -0.117. The molecule has 2 aromatic heterocycles. The molecule has 14 heteroatoms. The number of para-hydroxylation sites is 1. The van der Waals surface area contributed by atoms with Crippen LogP contribution in [-0.2, 0) is 10.5 Å². The van der Waals surface area contributed by atoms with Crippen LogP contribution in [0.3, 0.4) is 0 Å². The Morgan fingerprint density at radius 2 is 1.93 bits per heavy atom. The molecule has 3 aromatic carbocycles. The van der Waals surface area contributed by atoms with Gasteiger partial charge in [0.1, 0.15) is 5.58 Å². The van der Waals surface area contributed by atoms with Gasteiger partial charge in [-0.15, -0.1) is 10.2 Å². The van der Waals surface area contributed by atoms with Crippen LogP contribution < -0.4 is 9.64 Å². The molecule has 1 aliphatic heterocycles. The van der Waals surface area contributed by atoms with Gasteiger partial charge in [-0.25, -0.2) is 0 Å². The zero-order valence-electron chi connectivity index (χ0n) is 21.9. The minimum Gasteiger partial charge on any atom is -0.503 e. The van der Waals surface area contributed by atoms with Crippen LogP contribution in [0.1, 0.15) is 27.7 Å². The monoisotopic (exact) mass is 717 g/mol. The van der Waals surface area contributed by atoms with E-state index in [1.807, 2.05) is 6.07 Å². The average molecular weight is 719 g/mol. The minimum absolute atomic E-state index is 0.0550. The van der Waals surface area contributed by atoms with Crippen molar-refractivity contribution in [2.24, 2.45) is 0 Å². The molecule has 0 radical (unpaired) electrons. The van der Waals surface area contributed by atoms with Crippen LogP contribution in [0.2, 0.25) is 10.0 Å². The van der Waals surface area contributed by atoms with Crippen LogP contribution in [0.5, 0.6) is 11.5 Å². The molecule has 0 bridgehead atoms. The fraction of sp³-hybridized carbons (Fsp3) is 0.103. The van der Waals surface area contributed by atoms with Gasteiger partial charge < -0.3 is 19.4 Å². The summed E-state index contributed by atoms with van der Waals surface area (Å²) in [6.45, 7) is 0. The van der Waals surface area contributed by atoms with Crippen molar-refractivity contribution in [2.45, 2.75) is 16.1 Å². The van der Waals surface area contributed by atoms with Crippen molar-refractivity contribution in [3.05, 3.63) is 103 Å². The van der Waals surface area contributed by atoms with E-state index in [1.54, 1.807) is 42.5 Å². The van der Waals surface area contributed by atoms with Crippen LogP contribution in [0.4, 0.5) is 5.13 Å². The number of ether oxygens (including phenoxy) is 1. The number of nitrogens with zero attached hydrogens (tertiary/aromatic N) is 3. The van der Waals surface area contributed by atoms with Gasteiger partial charge in [0.15, 0.2) is 27.4 Å². The number of rotatable bonds is 8. The Balaban J connectivity index is 1.40. The third kappa shape index (κ3) is 5.49. The number of benzene rings is 3. The number of furan rings is 1. The Bertz CT molecular complexity index is 1930. The van der Waals surface area contributed by atoms with Gasteiger partial charge in [-0.05, 0) is 63.5 Å². The quantitative estimate of drug-likeness (QED) is 0.0929. The lowest BCUT2D eigenvalue weighted by Gasteiger charge is -2.24. The number of Topliss-reactive ketones (excluding diaryl/α,β-unsaturated/α-hetero) is 1. The summed E-state index contributed by atoms with van der Waals surface area (Å²) in [6.07, 6.45) is 0. The molecule has 1 unspecified atom stereocenters. The number of carbonyl (C=O) groups is 2. The van der Waals surface area contributed by atoms with Crippen LogP contribution >= 0.6 is 62.2 Å². The van der Waals surface area contributed by atoms with E-state index in [9.17, 15) is 19.8 Å². The van der Waals surface area contributed by atoms with Crippen molar-refractivity contribution in [2.75, 3.05) is 12.0 Å². The van der Waals surface area contributed by atoms with Crippen molar-refractivity contribution in [1.82, 2.24) is 10.2 Å². The van der Waals surface area contributed by atoms with E-state index in [-0.39, 0.29) is 32.4 Å². The molecule has 2 N–H and O–H groups in total. The van der Waals surface area contributed by atoms with Gasteiger partial charge in [0.25, 0.3) is 5.91 Å². The number of fused-ring (bicyclic) bond motifs is 1. The summed E-state index contributed by atoms with van der Waals surface area (Å²) in [4.78, 5) is 28.7. The molecular weight excluding hydrogens is 701 g/mol. The highest BCUT2D eigenvalue weighted by molar-refractivity contribution is 9.10. The first-order chi connectivity index (χ1) is 20.7. The number of ketones is 1. The second-order valence-corrected chi connectivity index (χ2v) is 13.1. The molecular formula is C29H18BrCl2N3O6S2. The summed E-state index contributed by atoms with van der Waals surface area (Å²) in [5.41, 5.74) is 1.45. The number of hydrogen-bond acceptors (Lipinski definition) is 10. The third-order valence-corrected chi connectivity index (χ3v) is 9.95. The van der Waals surface area contributed by atoms with Crippen molar-refractivity contribution in [3.63, 3.8) is 0 Å². The molecule has 218 valence electrons. The van der Waals surface area contributed by atoms with Gasteiger partial charge in [0.2, 0.25) is 10.9 Å². The molecule has 3 heterocycles. The average Bonchev–Trinajstić information content (AvgIpc) is 3.70. The van der Waals surface area contributed by atoms with E-state index < -0.39 is 23.5 Å². The summed E-state index contributed by atoms with van der Waals surface area (Å²) in [5, 5.41) is 31.9. The maximum atomic E-state index is 13.9. The van der Waals surface area contributed by atoms with E-state index in [1.165, 1.54) is 35.9 Å². The number of halogens is 3. The van der Waals surface area contributed by atoms with E-state index in [2.05, 4.69) is 26.1 Å². The topological polar surface area (TPSA) is 126 Å². The number of aliphatic hydroxyl groups is 1. The number of aromatic nitrogens is 2. The highest BCUT2D eigenvalue weighted by atomic mass is 79.9. The maximum absolute atomic E-state index is 13.9. The van der Waals surface area contributed by atoms with Crippen LogP contribution in [-0.4, -0.2) is 39.2 Å². The van der Waals surface area contributed by atoms with Crippen molar-refractivity contribution >= 4 is 90.0 Å². The maximum Gasteiger partial charge on any atom is 0.296 e. The fourth-order valence-corrected chi connectivity index (χ4v) is 7.51. The summed E-state index contributed by atoms with van der Waals surface area (Å²) in [7, 11) is 1.37. The first-order valence-electron chi connectivity index (χ1n) is 12.4. The number of thioether (sulfide) groups is 1. The van der Waals surface area contributed by atoms with Crippen LogP contribution in [0.15, 0.2) is 85.2 Å². The minimum atomic E-state index is -1.16. The second kappa shape index (κ2) is 11.9. The number of amides is 1. The van der Waals surface area contributed by atoms with Gasteiger partial charge in [-0.2, -0.15) is 0 Å². The molecule has 0 saturated carbocycles. The lowest BCUT2D eigenvalue weighted by Crippen LogP contribution is -2.31. The number of phenols is 1. The first-order valence-corrected chi connectivity index (χ1v) is 15.8. The Hall–Kier alpha value is -3.55. The van der Waals surface area contributed by atoms with Gasteiger partial charge in [-0.3, -0.25) is 14.5 Å². The first kappa shape index (κ1) is 29.5. The molecule has 5 aromatic rings. The molecule has 1 amide bonds. The van der Waals surface area contributed by atoms with Crippen molar-refractivity contribution < 1.29 is 29.0 Å². The molecule has 9 nitrogen and oxygen atoms in total. The smallest absolute Gasteiger partial charge is 0.296 e. The number of aromatic hydroxyl groups is 1. The number of methoxy groups -OCH3 is 1. The van der Waals surface area contributed by atoms with E-state index >= 15 is 0 Å². The summed E-state index contributed by atoms with van der Waals surface area (Å²) < 4.78 is 11.9. The molecule has 0 fully saturated rings. The molecule has 0 saturated heterocycles. The number of hydrogen-bond donors (Lipinski definition) is 2. The molecule has 0 aliphatic carbocycles. The SMILES string of the molecule is COc1cc(C2C(C(=O)c3cc4ccccc4o3)=C(O)C(=O)N2c2nnc(SCc3ccc(Cl)cc3Cl)s2)cc(Br)c1O. The van der Waals surface area contributed by atoms with E-state index in [0.717, 1.165) is 16.9 Å². The van der Waals surface area contributed by atoms with Gasteiger partial charge in [0, 0.05) is 21.2 Å². The zero-order valence-corrected chi connectivity index (χ0v) is 26.6. The number of anilines is 1. The number of phenolic OH excluding ortho intramolecular Hbond substituents is 1. The van der Waals surface area contributed by atoms with Crippen molar-refractivity contribution in [3.8, 4) is 11.5 Å². The Kier molecular flexibility index (Phi) is 8.14. The second-order valence-electron chi connectivity index (χ2n) is 9.25. The summed E-state index contributed by atoms with van der Waals surface area (Å²) >= 11 is 18.1. The molecule has 1 aliphatic rings. The third-order valence-electron chi connectivity index (χ3n) is 6.66. The molecule has 6 rings (SSSR count). The predicted octanol–water partition coefficient (Wildman–Crippen LogP) is 8.14. The fourth-order valence-electron chi connectivity index (χ4n) is 4.62. The lowest BCUT2D eigenvalue weighted by atomic mass is 9.95. The largest absolute Gasteiger partial charge is 0.503 e. The summed E-state index contributed by atoms with van der Waals surface area (Å²) in [6, 6.07) is 15.7. The highest BCUT2D eigenvalue weighted by Gasteiger charge is 2.47. The summed E-state index contributed by atoms with van der Waals surface area (Å²) in [5.74, 6) is -1.96. The van der Waals surface area contributed by atoms with E-state index in [4.69, 9.17) is 32.4 Å². The van der Waals surface area contributed by atoms with Crippen LogP contribution in [0.25, 0.3) is 11.0 Å². The Labute approximate surface area is 270 Å². The number of aliphatic hydroxyl groups excluding tert-OH is 1. The van der Waals surface area contributed by atoms with Gasteiger partial charge in [0.05, 0.1) is 23.2 Å². The van der Waals surface area contributed by atoms with E-state index in [0.29, 0.717) is 36.7 Å². The van der Waals surface area contributed by atoms with Crippen LogP contribution in [0, 0.1) is 0 Å². The zero-order chi connectivity index (χ0) is 30.4. The van der Waals surface area contributed by atoms with Gasteiger partial charge >= 0.3 is 0 Å². The van der Waals surface area contributed by atoms with Gasteiger partial charge in [-0.1, -0.05) is 70.6 Å². The molecule has 0 spiro atoms. The molecule has 1 atom stereocenters. The molecule has 43 heavy (non-hydrogen) atoms. The van der Waals surface area contributed by atoms with Crippen molar-refractivity contribution in [1.29, 1.82) is 0 Å².